The summed E-state index contributed by atoms with van der Waals surface area (Å²) < 4.78 is 5.85. The molecule has 39 heavy (non-hydrogen) atoms. The second-order valence-corrected chi connectivity index (χ2v) is 11.2. The van der Waals surface area contributed by atoms with Gasteiger partial charge in [0, 0.05) is 24.8 Å². The van der Waals surface area contributed by atoms with E-state index in [1.165, 1.54) is 11.8 Å². The number of hydrogen-bond donors (Lipinski definition) is 3. The van der Waals surface area contributed by atoms with Crippen LogP contribution in [0.2, 0.25) is 0 Å². The monoisotopic (exact) mass is 531 g/mol. The zero-order valence-corrected chi connectivity index (χ0v) is 23.4. The summed E-state index contributed by atoms with van der Waals surface area (Å²) in [4.78, 5) is 16.6. The average molecular weight is 532 g/mol. The van der Waals surface area contributed by atoms with Crippen LogP contribution in [0.3, 0.4) is 0 Å². The molecular weight excluding hydrogens is 490 g/mol. The van der Waals surface area contributed by atoms with Crippen molar-refractivity contribution >= 4 is 22.8 Å². The van der Waals surface area contributed by atoms with Gasteiger partial charge in [0.2, 0.25) is 0 Å². The molecule has 0 aromatic heterocycles. The number of Topliss-reactive ketones (excluding diaryl/α,β-unsaturated/α-hetero) is 1. The third kappa shape index (κ3) is 8.34. The number of nitriles is 1. The summed E-state index contributed by atoms with van der Waals surface area (Å²) in [6, 6.07) is 8.24. The molecule has 1 aromatic carbocycles. The molecule has 7 nitrogen and oxygen atoms in total. The topological polar surface area (TPSA) is 129 Å². The number of ether oxygens (including phenoxy) is 1. The number of aliphatic hydroxyl groups excluding tert-OH is 2. The van der Waals surface area contributed by atoms with Crippen molar-refractivity contribution < 1.29 is 19.7 Å². The van der Waals surface area contributed by atoms with Crippen LogP contribution in [-0.4, -0.2) is 47.3 Å². The van der Waals surface area contributed by atoms with E-state index in [4.69, 9.17) is 15.7 Å². The van der Waals surface area contributed by atoms with Crippen molar-refractivity contribution in [2.24, 2.45) is 16.1 Å². The molecular formula is C32H41N3O4. The summed E-state index contributed by atoms with van der Waals surface area (Å²) in [5, 5.41) is 28.5. The Morgan fingerprint density at radius 2 is 2.08 bits per heavy atom. The summed E-state index contributed by atoms with van der Waals surface area (Å²) in [6.07, 6.45) is 14.3. The first-order valence-corrected chi connectivity index (χ1v) is 13.6. The molecule has 0 saturated heterocycles. The molecule has 1 aromatic rings. The smallest absolute Gasteiger partial charge is 0.197 e. The van der Waals surface area contributed by atoms with Crippen LogP contribution in [0.15, 0.2) is 59.3 Å². The van der Waals surface area contributed by atoms with E-state index in [1.807, 2.05) is 30.4 Å². The summed E-state index contributed by atoms with van der Waals surface area (Å²) in [6.45, 7) is 6.52. The van der Waals surface area contributed by atoms with Gasteiger partial charge in [-0.2, -0.15) is 5.26 Å². The normalized spacial score (nSPS) is 21.5. The fraction of sp³-hybridized carbons (Fsp3) is 0.469. The maximum atomic E-state index is 12.7. The minimum absolute atomic E-state index is 0.0690. The average Bonchev–Trinajstić information content (AvgIpc) is 3.41. The quantitative estimate of drug-likeness (QED) is 0.150. The molecule has 1 heterocycles. The molecule has 7 heteroatoms. The van der Waals surface area contributed by atoms with Crippen molar-refractivity contribution in [3.05, 3.63) is 71.0 Å². The van der Waals surface area contributed by atoms with Gasteiger partial charge in [-0.05, 0) is 96.9 Å². The second kappa shape index (κ2) is 13.7. The van der Waals surface area contributed by atoms with Crippen molar-refractivity contribution in [3.8, 4) is 6.07 Å². The van der Waals surface area contributed by atoms with Crippen LogP contribution >= 0.6 is 0 Å². The van der Waals surface area contributed by atoms with Gasteiger partial charge in [0.25, 0.3) is 0 Å². The number of amidine groups is 1. The zero-order chi connectivity index (χ0) is 28.5. The lowest BCUT2D eigenvalue weighted by molar-refractivity contribution is -0.113. The number of nitrogens with two attached hydrogens (primary N) is 1. The van der Waals surface area contributed by atoms with Gasteiger partial charge in [-0.15, -0.1) is 0 Å². The summed E-state index contributed by atoms with van der Waals surface area (Å²) in [5.74, 6) is -0.362. The fourth-order valence-corrected chi connectivity index (χ4v) is 4.85. The van der Waals surface area contributed by atoms with Gasteiger partial charge in [-0.1, -0.05) is 38.1 Å². The largest absolute Gasteiger partial charge is 0.396 e. The molecule has 0 bridgehead atoms. The first-order valence-electron chi connectivity index (χ1n) is 13.6. The Hall–Kier alpha value is -3.31. The SMILES string of the molecule is C/C(C#N)=C\N=C(N)C(=O)CCc1ccc(/C(=C/[C@@]2(CO)C=CCO2)CCCO)cc1C1=CCC(C)(C)CC1. The number of nitrogens with zero attached hydrogens (tertiary/aromatic N) is 2. The Labute approximate surface area is 232 Å². The summed E-state index contributed by atoms with van der Waals surface area (Å²) >= 11 is 0. The van der Waals surface area contributed by atoms with Gasteiger partial charge < -0.3 is 20.7 Å². The number of aliphatic hydroxyl groups is 2. The van der Waals surface area contributed by atoms with Crippen molar-refractivity contribution in [3.63, 3.8) is 0 Å². The van der Waals surface area contributed by atoms with E-state index in [2.05, 4.69) is 37.0 Å². The number of allylic oxidation sites excluding steroid dienone is 4. The molecule has 4 N–H and O–H groups in total. The van der Waals surface area contributed by atoms with Gasteiger partial charge in [-0.3, -0.25) is 4.79 Å². The highest BCUT2D eigenvalue weighted by Gasteiger charge is 2.29. The van der Waals surface area contributed by atoms with Gasteiger partial charge in [0.05, 0.1) is 19.3 Å². The molecule has 0 saturated carbocycles. The van der Waals surface area contributed by atoms with E-state index in [0.717, 1.165) is 41.5 Å². The van der Waals surface area contributed by atoms with Gasteiger partial charge >= 0.3 is 0 Å². The molecule has 1 atom stereocenters. The lowest BCUT2D eigenvalue weighted by atomic mass is 9.76. The number of ketones is 1. The van der Waals surface area contributed by atoms with Crippen molar-refractivity contribution in [1.29, 1.82) is 5.26 Å². The molecule has 0 unspecified atom stereocenters. The van der Waals surface area contributed by atoms with Crippen LogP contribution < -0.4 is 5.73 Å². The highest BCUT2D eigenvalue weighted by atomic mass is 16.5. The maximum absolute atomic E-state index is 12.7. The van der Waals surface area contributed by atoms with Gasteiger partial charge in [0.15, 0.2) is 11.6 Å². The summed E-state index contributed by atoms with van der Waals surface area (Å²) in [7, 11) is 0. The predicted molar refractivity (Wildman–Crippen MR) is 156 cm³/mol. The minimum atomic E-state index is -0.862. The van der Waals surface area contributed by atoms with E-state index in [0.29, 0.717) is 31.4 Å². The van der Waals surface area contributed by atoms with Crippen LogP contribution in [0.25, 0.3) is 11.1 Å². The van der Waals surface area contributed by atoms with Crippen molar-refractivity contribution in [1.82, 2.24) is 0 Å². The Morgan fingerprint density at radius 1 is 1.28 bits per heavy atom. The molecule has 1 aliphatic carbocycles. The number of carbonyl (C=O) groups is 1. The van der Waals surface area contributed by atoms with Gasteiger partial charge in [-0.25, -0.2) is 4.99 Å². The predicted octanol–water partition coefficient (Wildman–Crippen LogP) is 5.04. The Balaban J connectivity index is 1.98. The Kier molecular flexibility index (Phi) is 10.6. The van der Waals surface area contributed by atoms with E-state index >= 15 is 0 Å². The standard InChI is InChI=1S/C32H41N3O4/c1-23(20-33)21-35-30(34)29(38)10-9-24-7-8-26(18-28(24)25-11-14-31(2,3)15-12-25)27(6-4-16-36)19-32(22-37)13-5-17-39-32/h5,7-8,11,13,18-19,21,36-37H,4,6,9-10,12,14-17,22H2,1-3H3,(H2,34,35)/b23-21+,27-19+/t32-/m1/s1. The van der Waals surface area contributed by atoms with E-state index < -0.39 is 5.60 Å². The number of aliphatic imine (C=N–C) groups is 1. The molecule has 2 aliphatic rings. The van der Waals surface area contributed by atoms with E-state index in [-0.39, 0.29) is 36.7 Å². The molecule has 208 valence electrons. The zero-order valence-electron chi connectivity index (χ0n) is 23.4. The highest BCUT2D eigenvalue weighted by Crippen LogP contribution is 2.40. The van der Waals surface area contributed by atoms with Gasteiger partial charge in [0.1, 0.15) is 5.60 Å². The summed E-state index contributed by atoms with van der Waals surface area (Å²) in [5.41, 5.74) is 11.1. The van der Waals surface area contributed by atoms with Crippen LogP contribution in [-0.2, 0) is 16.0 Å². The first kappa shape index (κ1) is 30.2. The number of aryl methyl sites for hydroxylation is 1. The number of rotatable bonds is 12. The van der Waals surface area contributed by atoms with Crippen LogP contribution in [0, 0.1) is 16.7 Å². The molecule has 3 rings (SSSR count). The van der Waals surface area contributed by atoms with Crippen LogP contribution in [0.4, 0.5) is 0 Å². The number of benzene rings is 1. The maximum Gasteiger partial charge on any atom is 0.197 e. The minimum Gasteiger partial charge on any atom is -0.396 e. The third-order valence-corrected chi connectivity index (χ3v) is 7.40. The Morgan fingerprint density at radius 3 is 2.69 bits per heavy atom. The first-order chi connectivity index (χ1) is 18.6. The van der Waals surface area contributed by atoms with Crippen molar-refractivity contribution in [2.75, 3.05) is 19.8 Å². The molecule has 1 aliphatic heterocycles. The number of carbonyl (C=O) groups excluding carboxylic acids is 1. The third-order valence-electron chi connectivity index (χ3n) is 7.40. The van der Waals surface area contributed by atoms with Crippen LogP contribution in [0.1, 0.15) is 76.0 Å². The Bertz CT molecular complexity index is 1250. The molecule has 0 radical (unpaired) electrons. The fourth-order valence-electron chi connectivity index (χ4n) is 4.85. The van der Waals surface area contributed by atoms with E-state index in [1.54, 1.807) is 6.92 Å². The molecule has 0 spiro atoms. The van der Waals surface area contributed by atoms with Crippen LogP contribution in [0.5, 0.6) is 0 Å². The van der Waals surface area contributed by atoms with E-state index in [9.17, 15) is 15.0 Å². The second-order valence-electron chi connectivity index (χ2n) is 11.2. The lowest BCUT2D eigenvalue weighted by Gasteiger charge is -2.30. The lowest BCUT2D eigenvalue weighted by Crippen LogP contribution is -2.29. The number of hydrogen-bond acceptors (Lipinski definition) is 6. The molecule has 0 fully saturated rings. The highest BCUT2D eigenvalue weighted by molar-refractivity contribution is 6.38. The molecule has 0 amide bonds. The van der Waals surface area contributed by atoms with Crippen molar-refractivity contribution in [2.45, 2.75) is 71.3 Å².